The first kappa shape index (κ1) is 18.0. The summed E-state index contributed by atoms with van der Waals surface area (Å²) in [7, 11) is 3.18. The molecule has 0 aliphatic carbocycles. The molecule has 0 heterocycles. The molecule has 2 aromatic carbocycles. The van der Waals surface area contributed by atoms with E-state index >= 15 is 0 Å². The number of hydrogen-bond acceptors (Lipinski definition) is 4. The highest BCUT2D eigenvalue weighted by Crippen LogP contribution is 2.28. The number of anilines is 1. The quantitative estimate of drug-likeness (QED) is 0.740. The highest BCUT2D eigenvalue weighted by molar-refractivity contribution is 7.99. The number of hydrogen-bond donors (Lipinski definition) is 2. The summed E-state index contributed by atoms with van der Waals surface area (Å²) in [5, 5.41) is 5.74. The maximum absolute atomic E-state index is 12.1. The highest BCUT2D eigenvalue weighted by Gasteiger charge is 2.08. The molecule has 128 valence electrons. The number of nitrogens with one attached hydrogen (secondary N) is 2. The topological polar surface area (TPSA) is 59.6 Å². The van der Waals surface area contributed by atoms with Crippen molar-refractivity contribution < 1.29 is 14.3 Å². The zero-order valence-electron chi connectivity index (χ0n) is 14.1. The summed E-state index contributed by atoms with van der Waals surface area (Å²) in [5.41, 5.74) is 1.74. The third kappa shape index (κ3) is 4.83. The van der Waals surface area contributed by atoms with Gasteiger partial charge >= 0.3 is 6.03 Å². The van der Waals surface area contributed by atoms with E-state index in [-0.39, 0.29) is 6.03 Å². The SMILES string of the molecule is CCSc1ccccc1NC(=O)NCc1ccc(OC)c(OC)c1. The van der Waals surface area contributed by atoms with Crippen LogP contribution in [0, 0.1) is 0 Å². The Kier molecular flexibility index (Phi) is 6.81. The van der Waals surface area contributed by atoms with Crippen molar-refractivity contribution in [3.05, 3.63) is 48.0 Å². The van der Waals surface area contributed by atoms with E-state index in [0.29, 0.717) is 18.0 Å². The number of benzene rings is 2. The van der Waals surface area contributed by atoms with Crippen LogP contribution in [0.3, 0.4) is 0 Å². The van der Waals surface area contributed by atoms with Gasteiger partial charge in [0.05, 0.1) is 19.9 Å². The van der Waals surface area contributed by atoms with Gasteiger partial charge in [-0.2, -0.15) is 0 Å². The summed E-state index contributed by atoms with van der Waals surface area (Å²) < 4.78 is 10.5. The first-order valence-corrected chi connectivity index (χ1v) is 8.64. The van der Waals surface area contributed by atoms with Gasteiger partial charge in [0.25, 0.3) is 0 Å². The number of carbonyl (C=O) groups excluding carboxylic acids is 1. The van der Waals surface area contributed by atoms with Gasteiger partial charge in [0.1, 0.15) is 0 Å². The van der Waals surface area contributed by atoms with Crippen LogP contribution in [-0.4, -0.2) is 26.0 Å². The molecule has 2 N–H and O–H groups in total. The van der Waals surface area contributed by atoms with Crippen LogP contribution in [0.25, 0.3) is 0 Å². The van der Waals surface area contributed by atoms with Crippen LogP contribution in [0.2, 0.25) is 0 Å². The van der Waals surface area contributed by atoms with Crippen LogP contribution in [-0.2, 0) is 6.54 Å². The molecule has 0 aliphatic heterocycles. The number of para-hydroxylation sites is 1. The molecule has 24 heavy (non-hydrogen) atoms. The van der Waals surface area contributed by atoms with Crippen molar-refractivity contribution in [2.45, 2.75) is 18.4 Å². The van der Waals surface area contributed by atoms with Crippen LogP contribution in [0.15, 0.2) is 47.4 Å². The molecular formula is C18H22N2O3S. The fraction of sp³-hybridized carbons (Fsp3) is 0.278. The number of ether oxygens (including phenoxy) is 2. The predicted molar refractivity (Wildman–Crippen MR) is 98.2 cm³/mol. The zero-order valence-corrected chi connectivity index (χ0v) is 14.9. The molecule has 0 bridgehead atoms. The minimum atomic E-state index is -0.242. The van der Waals surface area contributed by atoms with Crippen molar-refractivity contribution in [1.29, 1.82) is 0 Å². The Bertz CT molecular complexity index is 692. The van der Waals surface area contributed by atoms with Gasteiger partial charge in [-0.25, -0.2) is 4.79 Å². The maximum Gasteiger partial charge on any atom is 0.319 e. The van der Waals surface area contributed by atoms with Gasteiger partial charge < -0.3 is 20.1 Å². The second-order valence-electron chi connectivity index (χ2n) is 4.93. The number of rotatable bonds is 7. The molecule has 6 heteroatoms. The summed E-state index contributed by atoms with van der Waals surface area (Å²) in [6.45, 7) is 2.48. The molecule has 0 atom stereocenters. The lowest BCUT2D eigenvalue weighted by atomic mass is 10.2. The van der Waals surface area contributed by atoms with Crippen LogP contribution < -0.4 is 20.1 Å². The fourth-order valence-corrected chi connectivity index (χ4v) is 2.95. The minimum absolute atomic E-state index is 0.242. The lowest BCUT2D eigenvalue weighted by molar-refractivity contribution is 0.251. The summed E-state index contributed by atoms with van der Waals surface area (Å²) in [6, 6.07) is 13.1. The normalized spacial score (nSPS) is 10.1. The minimum Gasteiger partial charge on any atom is -0.493 e. The molecule has 0 aliphatic rings. The van der Waals surface area contributed by atoms with Crippen molar-refractivity contribution in [3.63, 3.8) is 0 Å². The Morgan fingerprint density at radius 2 is 1.83 bits per heavy atom. The maximum atomic E-state index is 12.1. The van der Waals surface area contributed by atoms with E-state index in [1.54, 1.807) is 26.0 Å². The molecule has 0 aromatic heterocycles. The van der Waals surface area contributed by atoms with Crippen LogP contribution in [0.1, 0.15) is 12.5 Å². The van der Waals surface area contributed by atoms with Crippen molar-refractivity contribution in [2.75, 3.05) is 25.3 Å². The Labute approximate surface area is 146 Å². The summed E-state index contributed by atoms with van der Waals surface area (Å²) in [4.78, 5) is 13.2. The van der Waals surface area contributed by atoms with Crippen molar-refractivity contribution in [1.82, 2.24) is 5.32 Å². The van der Waals surface area contributed by atoms with E-state index < -0.39 is 0 Å². The average Bonchev–Trinajstić information content (AvgIpc) is 2.61. The highest BCUT2D eigenvalue weighted by atomic mass is 32.2. The van der Waals surface area contributed by atoms with Gasteiger partial charge in [-0.15, -0.1) is 11.8 Å². The lowest BCUT2D eigenvalue weighted by Crippen LogP contribution is -2.28. The van der Waals surface area contributed by atoms with Gasteiger partial charge in [0, 0.05) is 11.4 Å². The summed E-state index contributed by atoms with van der Waals surface area (Å²) in [6.07, 6.45) is 0. The lowest BCUT2D eigenvalue weighted by Gasteiger charge is -2.12. The van der Waals surface area contributed by atoms with Crippen LogP contribution >= 0.6 is 11.8 Å². The third-order valence-electron chi connectivity index (χ3n) is 3.34. The number of amides is 2. The van der Waals surface area contributed by atoms with Gasteiger partial charge in [-0.3, -0.25) is 0 Å². The largest absolute Gasteiger partial charge is 0.493 e. The van der Waals surface area contributed by atoms with Gasteiger partial charge in [0.2, 0.25) is 0 Å². The molecule has 2 aromatic rings. The average molecular weight is 346 g/mol. The van der Waals surface area contributed by atoms with Crippen molar-refractivity contribution in [2.24, 2.45) is 0 Å². The zero-order chi connectivity index (χ0) is 17.4. The Morgan fingerprint density at radius 3 is 2.54 bits per heavy atom. The number of methoxy groups -OCH3 is 2. The standard InChI is InChI=1S/C18H22N2O3S/c1-4-24-17-8-6-5-7-14(17)20-18(21)19-12-13-9-10-15(22-2)16(11-13)23-3/h5-11H,4,12H2,1-3H3,(H2,19,20,21). The summed E-state index contributed by atoms with van der Waals surface area (Å²) >= 11 is 1.69. The van der Waals surface area contributed by atoms with E-state index in [9.17, 15) is 4.79 Å². The molecule has 0 unspecified atom stereocenters. The van der Waals surface area contributed by atoms with Gasteiger partial charge in [-0.1, -0.05) is 25.1 Å². The van der Waals surface area contributed by atoms with Crippen molar-refractivity contribution >= 4 is 23.5 Å². The van der Waals surface area contributed by atoms with Crippen molar-refractivity contribution in [3.8, 4) is 11.5 Å². The molecule has 0 fully saturated rings. The smallest absolute Gasteiger partial charge is 0.319 e. The molecule has 5 nitrogen and oxygen atoms in total. The predicted octanol–water partition coefficient (Wildman–Crippen LogP) is 4.14. The Morgan fingerprint density at radius 1 is 1.08 bits per heavy atom. The number of carbonyl (C=O) groups is 1. The van der Waals surface area contributed by atoms with E-state index in [1.807, 2.05) is 42.5 Å². The van der Waals surface area contributed by atoms with Crippen LogP contribution in [0.4, 0.5) is 10.5 Å². The molecule has 0 radical (unpaired) electrons. The van der Waals surface area contributed by atoms with E-state index in [2.05, 4.69) is 17.6 Å². The number of urea groups is 1. The van der Waals surface area contributed by atoms with Crippen LogP contribution in [0.5, 0.6) is 11.5 Å². The van der Waals surface area contributed by atoms with Gasteiger partial charge in [0.15, 0.2) is 11.5 Å². The first-order chi connectivity index (χ1) is 11.7. The first-order valence-electron chi connectivity index (χ1n) is 7.65. The monoisotopic (exact) mass is 346 g/mol. The number of thioether (sulfide) groups is 1. The third-order valence-corrected chi connectivity index (χ3v) is 4.29. The Hall–Kier alpha value is -2.34. The molecule has 2 rings (SSSR count). The molecular weight excluding hydrogens is 324 g/mol. The van der Waals surface area contributed by atoms with E-state index in [0.717, 1.165) is 21.9 Å². The second-order valence-corrected chi connectivity index (χ2v) is 6.23. The van der Waals surface area contributed by atoms with Gasteiger partial charge in [-0.05, 0) is 35.6 Å². The fourth-order valence-electron chi connectivity index (χ4n) is 2.19. The summed E-state index contributed by atoms with van der Waals surface area (Å²) in [5.74, 6) is 2.25. The van der Waals surface area contributed by atoms with E-state index in [4.69, 9.17) is 9.47 Å². The Balaban J connectivity index is 1.96. The molecule has 0 saturated heterocycles. The molecule has 2 amide bonds. The second kappa shape index (κ2) is 9.08. The molecule has 0 saturated carbocycles. The van der Waals surface area contributed by atoms with E-state index in [1.165, 1.54) is 0 Å². The molecule has 0 spiro atoms.